The monoisotopic (exact) mass is 175 g/mol. The zero-order valence-corrected chi connectivity index (χ0v) is 8.38. The van der Waals surface area contributed by atoms with Gasteiger partial charge in [-0.05, 0) is 24.5 Å². The first kappa shape index (κ1) is 11.6. The molecule has 0 heterocycles. The van der Waals surface area contributed by atoms with Gasteiger partial charge in [0.2, 0.25) is 0 Å². The number of hydrogen-bond acceptors (Lipinski definition) is 1. The van der Waals surface area contributed by atoms with Gasteiger partial charge in [-0.25, -0.2) is 0 Å². The van der Waals surface area contributed by atoms with Crippen LogP contribution < -0.4 is 0 Å². The summed E-state index contributed by atoms with van der Waals surface area (Å²) in [5.74, 6) is 0. The molecule has 0 amide bonds. The van der Waals surface area contributed by atoms with E-state index < -0.39 is 0 Å². The summed E-state index contributed by atoms with van der Waals surface area (Å²) in [6.45, 7) is 7.71. The minimum atomic E-state index is 0.850. The molecular weight excluding hydrogens is 158 g/mol. The van der Waals surface area contributed by atoms with Gasteiger partial charge >= 0.3 is 0 Å². The van der Waals surface area contributed by atoms with Crippen molar-refractivity contribution < 1.29 is 0 Å². The Bertz CT molecular complexity index is 244. The fraction of sp³-hybridized carbons (Fsp3) is 0.250. The lowest BCUT2D eigenvalue weighted by Crippen LogP contribution is -1.84. The van der Waals surface area contributed by atoms with Crippen molar-refractivity contribution in [1.29, 1.82) is 5.41 Å². The molecule has 0 rings (SSSR count). The highest BCUT2D eigenvalue weighted by Crippen LogP contribution is 2.07. The molecule has 0 unspecified atom stereocenters. The average molecular weight is 175 g/mol. The van der Waals surface area contributed by atoms with Crippen LogP contribution in [0.1, 0.15) is 20.3 Å². The van der Waals surface area contributed by atoms with Crippen molar-refractivity contribution in [1.82, 2.24) is 0 Å². The third kappa shape index (κ3) is 4.26. The van der Waals surface area contributed by atoms with Crippen molar-refractivity contribution in [3.63, 3.8) is 0 Å². The summed E-state index contributed by atoms with van der Waals surface area (Å²) in [5, 5.41) is 7.18. The van der Waals surface area contributed by atoms with Crippen LogP contribution >= 0.6 is 0 Å². The fourth-order valence-electron chi connectivity index (χ4n) is 0.932. The Kier molecular flexibility index (Phi) is 6.52. The van der Waals surface area contributed by atoms with Gasteiger partial charge in [-0.1, -0.05) is 43.9 Å². The second kappa shape index (κ2) is 7.29. The molecule has 70 valence electrons. The molecule has 1 nitrogen and oxygen atoms in total. The van der Waals surface area contributed by atoms with Crippen LogP contribution in [-0.4, -0.2) is 6.21 Å². The summed E-state index contributed by atoms with van der Waals surface area (Å²) in [7, 11) is 0. The first-order valence-corrected chi connectivity index (χ1v) is 4.46. The number of allylic oxidation sites excluding steroid dienone is 7. The van der Waals surface area contributed by atoms with E-state index in [4.69, 9.17) is 5.41 Å². The Morgan fingerprint density at radius 2 is 2.00 bits per heavy atom. The Labute approximate surface area is 80.7 Å². The third-order valence-electron chi connectivity index (χ3n) is 1.59. The van der Waals surface area contributed by atoms with Gasteiger partial charge in [0.1, 0.15) is 0 Å². The molecule has 0 aliphatic rings. The maximum Gasteiger partial charge on any atom is 0.0256 e. The minimum Gasteiger partial charge on any atom is -0.308 e. The van der Waals surface area contributed by atoms with E-state index in [-0.39, 0.29) is 0 Å². The zero-order chi connectivity index (χ0) is 10.1. The molecule has 0 saturated heterocycles. The SMILES string of the molecule is C=C/C(C=N)=C(\C=C/C)/C=C\CC. The Morgan fingerprint density at radius 1 is 1.31 bits per heavy atom. The smallest absolute Gasteiger partial charge is 0.0256 e. The lowest BCUT2D eigenvalue weighted by molar-refractivity contribution is 1.22. The Balaban J connectivity index is 4.95. The van der Waals surface area contributed by atoms with E-state index >= 15 is 0 Å². The number of hydrogen-bond donors (Lipinski definition) is 1. The largest absolute Gasteiger partial charge is 0.308 e. The Hall–Kier alpha value is -1.37. The highest BCUT2D eigenvalue weighted by atomic mass is 14.3. The van der Waals surface area contributed by atoms with Gasteiger partial charge in [-0.15, -0.1) is 0 Å². The van der Waals surface area contributed by atoms with Gasteiger partial charge in [0.25, 0.3) is 0 Å². The van der Waals surface area contributed by atoms with E-state index in [0.29, 0.717) is 0 Å². The predicted molar refractivity (Wildman–Crippen MR) is 60.3 cm³/mol. The predicted octanol–water partition coefficient (Wildman–Crippen LogP) is 3.66. The van der Waals surface area contributed by atoms with E-state index in [1.807, 2.05) is 25.2 Å². The van der Waals surface area contributed by atoms with E-state index in [2.05, 4.69) is 19.6 Å². The van der Waals surface area contributed by atoms with Crippen molar-refractivity contribution in [2.24, 2.45) is 0 Å². The second-order valence-electron chi connectivity index (χ2n) is 2.57. The van der Waals surface area contributed by atoms with Crippen molar-refractivity contribution >= 4 is 6.21 Å². The molecule has 1 heteroatoms. The van der Waals surface area contributed by atoms with Crippen molar-refractivity contribution in [3.8, 4) is 0 Å². The summed E-state index contributed by atoms with van der Waals surface area (Å²) < 4.78 is 0. The second-order valence-corrected chi connectivity index (χ2v) is 2.57. The van der Waals surface area contributed by atoms with Crippen LogP contribution in [0.25, 0.3) is 0 Å². The molecule has 0 aromatic rings. The third-order valence-corrected chi connectivity index (χ3v) is 1.59. The lowest BCUT2D eigenvalue weighted by Gasteiger charge is -1.97. The molecule has 0 radical (unpaired) electrons. The minimum absolute atomic E-state index is 0.850. The molecule has 0 atom stereocenters. The first-order chi connectivity index (χ1) is 6.29. The van der Waals surface area contributed by atoms with Crippen LogP contribution in [0.5, 0.6) is 0 Å². The molecule has 0 fully saturated rings. The van der Waals surface area contributed by atoms with Gasteiger partial charge in [-0.2, -0.15) is 0 Å². The summed E-state index contributed by atoms with van der Waals surface area (Å²) in [6.07, 6.45) is 12.1. The average Bonchev–Trinajstić information content (AvgIpc) is 2.16. The van der Waals surface area contributed by atoms with Crippen molar-refractivity contribution in [2.75, 3.05) is 0 Å². The summed E-state index contributed by atoms with van der Waals surface area (Å²) in [4.78, 5) is 0. The van der Waals surface area contributed by atoms with E-state index in [1.165, 1.54) is 6.21 Å². The van der Waals surface area contributed by atoms with Gasteiger partial charge < -0.3 is 5.41 Å². The summed E-state index contributed by atoms with van der Waals surface area (Å²) >= 11 is 0. The number of rotatable bonds is 5. The van der Waals surface area contributed by atoms with E-state index in [9.17, 15) is 0 Å². The normalized spacial score (nSPS) is 13.4. The van der Waals surface area contributed by atoms with Crippen molar-refractivity contribution in [2.45, 2.75) is 20.3 Å². The van der Waals surface area contributed by atoms with E-state index in [0.717, 1.165) is 17.6 Å². The number of nitrogens with one attached hydrogen (secondary N) is 1. The van der Waals surface area contributed by atoms with Gasteiger partial charge in [0.05, 0.1) is 0 Å². The maximum absolute atomic E-state index is 7.18. The topological polar surface area (TPSA) is 23.9 Å². The fourth-order valence-corrected chi connectivity index (χ4v) is 0.932. The molecule has 0 aliphatic carbocycles. The molecule has 13 heavy (non-hydrogen) atoms. The summed E-state index contributed by atoms with van der Waals surface area (Å²) in [6, 6.07) is 0. The maximum atomic E-state index is 7.18. The lowest BCUT2D eigenvalue weighted by atomic mass is 10.1. The van der Waals surface area contributed by atoms with Crippen molar-refractivity contribution in [3.05, 3.63) is 48.1 Å². The molecule has 0 saturated carbocycles. The first-order valence-electron chi connectivity index (χ1n) is 4.46. The van der Waals surface area contributed by atoms with Crippen LogP contribution in [-0.2, 0) is 0 Å². The highest BCUT2D eigenvalue weighted by molar-refractivity contribution is 5.82. The van der Waals surface area contributed by atoms with Gasteiger partial charge in [-0.3, -0.25) is 0 Å². The zero-order valence-electron chi connectivity index (χ0n) is 8.38. The van der Waals surface area contributed by atoms with Crippen LogP contribution in [0.4, 0.5) is 0 Å². The molecule has 0 spiro atoms. The van der Waals surface area contributed by atoms with Crippen LogP contribution in [0, 0.1) is 5.41 Å². The summed E-state index contributed by atoms with van der Waals surface area (Å²) in [5.41, 5.74) is 1.89. The van der Waals surface area contributed by atoms with Gasteiger partial charge in [0, 0.05) is 6.21 Å². The molecule has 0 aliphatic heterocycles. The molecule has 0 bridgehead atoms. The van der Waals surface area contributed by atoms with Crippen LogP contribution in [0.2, 0.25) is 0 Å². The standard InChI is InChI=1S/C12H17N/c1-4-7-9-12(8-5-2)11(6-3)10-13/h5-10,13H,3-4H2,1-2H3/b8-5-,9-7-,12-11-,13-10?. The quantitative estimate of drug-likeness (QED) is 0.487. The Morgan fingerprint density at radius 3 is 2.38 bits per heavy atom. The van der Waals surface area contributed by atoms with Crippen LogP contribution in [0.15, 0.2) is 48.1 Å². The van der Waals surface area contributed by atoms with E-state index in [1.54, 1.807) is 6.08 Å². The molecule has 0 aromatic heterocycles. The molecule has 1 N–H and O–H groups in total. The molecule has 0 aromatic carbocycles. The van der Waals surface area contributed by atoms with Gasteiger partial charge in [0.15, 0.2) is 0 Å². The highest BCUT2D eigenvalue weighted by Gasteiger charge is 1.92. The molecular formula is C12H17N. The van der Waals surface area contributed by atoms with Crippen LogP contribution in [0.3, 0.4) is 0 Å².